The summed E-state index contributed by atoms with van der Waals surface area (Å²) in [7, 11) is 0. The average molecular weight is 759 g/mol. The largest absolute Gasteiger partial charge is 0.228 e. The minimum absolute atomic E-state index is 0.267. The van der Waals surface area contributed by atoms with Crippen LogP contribution >= 0.6 is 0 Å². The van der Waals surface area contributed by atoms with Gasteiger partial charge >= 0.3 is 0 Å². The van der Waals surface area contributed by atoms with Crippen LogP contribution in [-0.2, 0) is 5.41 Å². The molecule has 4 heteroatoms. The summed E-state index contributed by atoms with van der Waals surface area (Å²) in [5.41, 5.74) is 13.6. The number of hydrogen-bond donors (Lipinski definition) is 0. The van der Waals surface area contributed by atoms with Gasteiger partial charge in [-0.15, -0.1) is 0 Å². The summed E-state index contributed by atoms with van der Waals surface area (Å²) in [6, 6.07) is 57.5. The molecule has 10 rings (SSSR count). The molecule has 0 spiro atoms. The summed E-state index contributed by atoms with van der Waals surface area (Å²) in [6.07, 6.45) is 14.1. The van der Waals surface area contributed by atoms with Crippen LogP contribution in [0.3, 0.4) is 0 Å². The van der Waals surface area contributed by atoms with E-state index in [1.165, 1.54) is 33.0 Å². The zero-order valence-electron chi connectivity index (χ0n) is 33.1. The summed E-state index contributed by atoms with van der Waals surface area (Å²) < 4.78 is 0. The van der Waals surface area contributed by atoms with Crippen LogP contribution in [0.15, 0.2) is 206 Å². The van der Waals surface area contributed by atoms with E-state index < -0.39 is 0 Å². The highest BCUT2D eigenvalue weighted by molar-refractivity contribution is 5.87. The van der Waals surface area contributed by atoms with Gasteiger partial charge in [0.05, 0.1) is 22.8 Å². The topological polar surface area (TPSA) is 51.6 Å². The molecule has 2 heterocycles. The Kier molecular flexibility index (Phi) is 9.31. The smallest absolute Gasteiger partial charge is 0.160 e. The van der Waals surface area contributed by atoms with Crippen molar-refractivity contribution in [1.29, 1.82) is 0 Å². The Labute approximate surface area is 345 Å². The Bertz CT molecular complexity index is 2960. The molecule has 2 aliphatic carbocycles. The van der Waals surface area contributed by atoms with E-state index in [0.29, 0.717) is 11.7 Å². The van der Waals surface area contributed by atoms with E-state index in [2.05, 4.69) is 202 Å². The maximum Gasteiger partial charge on any atom is 0.160 e. The quantitative estimate of drug-likeness (QED) is 0.155. The van der Waals surface area contributed by atoms with Crippen molar-refractivity contribution in [3.8, 4) is 56.5 Å². The molecule has 0 bridgehead atoms. The van der Waals surface area contributed by atoms with E-state index in [1.807, 2.05) is 12.1 Å². The zero-order chi connectivity index (χ0) is 39.8. The molecule has 2 aromatic heterocycles. The van der Waals surface area contributed by atoms with Gasteiger partial charge in [0.25, 0.3) is 0 Å². The van der Waals surface area contributed by atoms with Crippen LogP contribution in [0, 0.1) is 5.92 Å². The van der Waals surface area contributed by atoms with E-state index in [9.17, 15) is 0 Å². The second kappa shape index (κ2) is 15.2. The predicted octanol–water partition coefficient (Wildman–Crippen LogP) is 13.5. The van der Waals surface area contributed by atoms with Crippen molar-refractivity contribution in [3.63, 3.8) is 0 Å². The molecule has 0 amide bonds. The lowest BCUT2D eigenvalue weighted by atomic mass is 9.77. The first-order valence-electron chi connectivity index (χ1n) is 20.3. The maximum atomic E-state index is 5.18. The summed E-state index contributed by atoms with van der Waals surface area (Å²) in [5.74, 6) is 1.80. The number of rotatable bonds is 8. The van der Waals surface area contributed by atoms with Gasteiger partial charge in [-0.05, 0) is 57.7 Å². The van der Waals surface area contributed by atoms with Crippen molar-refractivity contribution in [2.75, 3.05) is 0 Å². The molecular formula is C55H42N4. The van der Waals surface area contributed by atoms with Gasteiger partial charge in [0.15, 0.2) is 11.6 Å². The maximum absolute atomic E-state index is 5.18. The third-order valence-corrected chi connectivity index (χ3v) is 11.8. The van der Waals surface area contributed by atoms with Gasteiger partial charge in [0.2, 0.25) is 0 Å². The molecule has 4 nitrogen and oxygen atoms in total. The molecule has 8 aromatic rings. The number of hydrogen-bond acceptors (Lipinski definition) is 4. The van der Waals surface area contributed by atoms with E-state index in [0.717, 1.165) is 62.8 Å². The van der Waals surface area contributed by atoms with Crippen molar-refractivity contribution in [2.24, 2.45) is 5.92 Å². The van der Waals surface area contributed by atoms with Crippen molar-refractivity contribution in [1.82, 2.24) is 19.9 Å². The summed E-state index contributed by atoms with van der Waals surface area (Å²) >= 11 is 0. The highest BCUT2D eigenvalue weighted by atomic mass is 14.9. The average Bonchev–Trinajstić information content (AvgIpc) is 3.31. The molecule has 0 fully saturated rings. The molecule has 0 saturated carbocycles. The fraction of sp³-hybridized carbons (Fsp3) is 0.0909. The van der Waals surface area contributed by atoms with Gasteiger partial charge in [-0.2, -0.15) is 0 Å². The third kappa shape index (κ3) is 7.26. The van der Waals surface area contributed by atoms with Crippen LogP contribution in [-0.4, -0.2) is 19.9 Å². The summed E-state index contributed by atoms with van der Waals surface area (Å²) in [6.45, 7) is 4.55. The Balaban J connectivity index is 0.958. The van der Waals surface area contributed by atoms with E-state index >= 15 is 0 Å². The second-order valence-electron chi connectivity index (χ2n) is 15.9. The molecule has 1 unspecified atom stereocenters. The lowest BCUT2D eigenvalue weighted by Gasteiger charge is -2.26. The number of nitrogens with zero attached hydrogens (tertiary/aromatic N) is 4. The van der Waals surface area contributed by atoms with Gasteiger partial charge < -0.3 is 0 Å². The lowest BCUT2D eigenvalue weighted by molar-refractivity contribution is 0.641. The first-order valence-corrected chi connectivity index (χ1v) is 20.3. The standard InChI is InChI=1S/C55H42N4/c1-55(2,47-29-25-41(26-30-47)53-56-49(39-15-5-3-6-16-39)35-51(58-53)45-23-21-37-13-9-11-19-43(37)33-45)48-31-27-42(28-32-48)54-57-50(40-17-7-4-8-18-40)36-52(59-54)46-24-22-38-14-10-12-20-44(38)34-46/h3-33,35-36,44H,34H2,1-2H3. The van der Waals surface area contributed by atoms with Crippen LogP contribution < -0.4 is 0 Å². The van der Waals surface area contributed by atoms with Gasteiger partial charge in [-0.25, -0.2) is 19.9 Å². The van der Waals surface area contributed by atoms with Crippen molar-refractivity contribution < 1.29 is 0 Å². The van der Waals surface area contributed by atoms with Crippen molar-refractivity contribution in [2.45, 2.75) is 25.7 Å². The van der Waals surface area contributed by atoms with Crippen LogP contribution in [0.5, 0.6) is 0 Å². The Morgan fingerprint density at radius 2 is 0.949 bits per heavy atom. The third-order valence-electron chi connectivity index (χ3n) is 11.8. The molecular weight excluding hydrogens is 717 g/mol. The van der Waals surface area contributed by atoms with Crippen molar-refractivity contribution >= 4 is 16.3 Å². The molecule has 0 aliphatic heterocycles. The van der Waals surface area contributed by atoms with Gasteiger partial charge in [-0.1, -0.05) is 196 Å². The summed E-state index contributed by atoms with van der Waals surface area (Å²) in [5, 5.41) is 2.40. The summed E-state index contributed by atoms with van der Waals surface area (Å²) in [4.78, 5) is 20.5. The first kappa shape index (κ1) is 36.1. The van der Waals surface area contributed by atoms with Gasteiger partial charge in [-0.3, -0.25) is 0 Å². The minimum Gasteiger partial charge on any atom is -0.228 e. The molecule has 2 aliphatic rings. The molecule has 1 atom stereocenters. The Hall–Kier alpha value is -7.30. The monoisotopic (exact) mass is 758 g/mol. The molecule has 282 valence electrons. The van der Waals surface area contributed by atoms with E-state index in [4.69, 9.17) is 19.9 Å². The minimum atomic E-state index is -0.267. The fourth-order valence-electron chi connectivity index (χ4n) is 8.22. The molecule has 0 saturated heterocycles. The molecule has 6 aromatic carbocycles. The SMILES string of the molecule is CC(C)(c1ccc(-c2nc(C3=CC=C4C=CC=CC4C3)cc(-c3ccccc3)n2)cc1)c1ccc(-c2nc(-c3ccccc3)cc(-c3ccc4ccccc4c3)n2)cc1. The fourth-order valence-corrected chi connectivity index (χ4v) is 8.22. The number of benzene rings is 6. The lowest BCUT2D eigenvalue weighted by Crippen LogP contribution is -2.18. The normalized spacial score (nSPS) is 14.8. The Morgan fingerprint density at radius 3 is 1.56 bits per heavy atom. The molecule has 59 heavy (non-hydrogen) atoms. The Morgan fingerprint density at radius 1 is 0.441 bits per heavy atom. The van der Waals surface area contributed by atoms with Crippen LogP contribution in [0.4, 0.5) is 0 Å². The number of aromatic nitrogens is 4. The predicted molar refractivity (Wildman–Crippen MR) is 243 cm³/mol. The molecule has 0 N–H and O–H groups in total. The molecule has 0 radical (unpaired) electrons. The number of fused-ring (bicyclic) bond motifs is 2. The zero-order valence-corrected chi connectivity index (χ0v) is 33.1. The first-order chi connectivity index (χ1) is 28.9. The van der Waals surface area contributed by atoms with Crippen LogP contribution in [0.25, 0.3) is 72.9 Å². The van der Waals surface area contributed by atoms with Gasteiger partial charge in [0, 0.05) is 39.2 Å². The van der Waals surface area contributed by atoms with Crippen LogP contribution in [0.1, 0.15) is 37.1 Å². The highest BCUT2D eigenvalue weighted by Gasteiger charge is 2.25. The van der Waals surface area contributed by atoms with Gasteiger partial charge in [0.1, 0.15) is 0 Å². The van der Waals surface area contributed by atoms with Crippen molar-refractivity contribution in [3.05, 3.63) is 223 Å². The highest BCUT2D eigenvalue weighted by Crippen LogP contribution is 2.38. The van der Waals surface area contributed by atoms with E-state index in [1.54, 1.807) is 0 Å². The van der Waals surface area contributed by atoms with Crippen LogP contribution in [0.2, 0.25) is 0 Å². The van der Waals surface area contributed by atoms with E-state index in [-0.39, 0.29) is 5.41 Å². The second-order valence-corrected chi connectivity index (χ2v) is 15.9. The number of allylic oxidation sites excluding steroid dienone is 8.